The number of aryl methyl sites for hydroxylation is 3. The number of carbonyl (C=O) groups excluding carboxylic acids is 3. The van der Waals surface area contributed by atoms with Crippen LogP contribution in [0.3, 0.4) is 0 Å². The van der Waals surface area contributed by atoms with E-state index in [0.29, 0.717) is 56.9 Å². The SMILES string of the molecule is CC1(Nc2cc(I)cc(N3CCOCC3)n2)CCC(O)CC1.CC[C@@H]1CCN(C(=O)Nc2ccc(C)c(-c3cc(NC4(C)CCC(O)CC4)nc(N4CCOCC4)c3)c2)C1.CC[C@@H]1CCN(C(=O)Nc2ccc(C)c(-c3cc(NC4(C)CCC(O)CC4)nc(N4CCOCC4)c3)c2)C1.Cc1ccc(NC(=O)N2CC[C@@H](CC(F)(F)F)C2)cc1B1OC(C)(C)C(C)(C)O1. The van der Waals surface area contributed by atoms with Gasteiger partial charge in [-0.1, -0.05) is 50.5 Å². The molecule has 7 aliphatic heterocycles. The number of hydrogen-bond donors (Lipinski definition) is 9. The Hall–Kier alpha value is -8.02. The van der Waals surface area contributed by atoms with Crippen LogP contribution in [0.5, 0.6) is 0 Å². The number of hydrogen-bond acceptors (Lipinski definition) is 20. The van der Waals surface area contributed by atoms with Crippen LogP contribution in [0.1, 0.15) is 195 Å². The van der Waals surface area contributed by atoms with Crippen LogP contribution in [0.4, 0.5) is 79.5 Å². The molecule has 7 saturated heterocycles. The second-order valence-corrected chi connectivity index (χ2v) is 40.0. The summed E-state index contributed by atoms with van der Waals surface area (Å²) in [6.45, 7) is 38.2. The zero-order chi connectivity index (χ0) is 90.6. The first-order valence-corrected chi connectivity index (χ1v) is 47.5. The van der Waals surface area contributed by atoms with Gasteiger partial charge in [0.25, 0.3) is 0 Å². The summed E-state index contributed by atoms with van der Waals surface area (Å²) in [6, 6.07) is 30.1. The van der Waals surface area contributed by atoms with Crippen LogP contribution >= 0.6 is 22.6 Å². The number of amides is 6. The van der Waals surface area contributed by atoms with E-state index in [9.17, 15) is 42.9 Å². The fraction of sp³-hybridized carbons (Fsp3) is 0.625. The average molecular weight is 1870 g/mol. The Kier molecular flexibility index (Phi) is 32.3. The lowest BCUT2D eigenvalue weighted by Gasteiger charge is -2.37. The molecule has 6 aromatic rings. The third-order valence-corrected chi connectivity index (χ3v) is 28.5. The Morgan fingerprint density at radius 3 is 1.11 bits per heavy atom. The van der Waals surface area contributed by atoms with Gasteiger partial charge in [0.15, 0.2) is 0 Å². The first-order chi connectivity index (χ1) is 60.4. The second-order valence-electron chi connectivity index (χ2n) is 38.7. The maximum atomic E-state index is 13.0. The number of aliphatic hydroxyl groups excluding tert-OH is 3. The van der Waals surface area contributed by atoms with Crippen molar-refractivity contribution < 1.29 is 66.4 Å². The normalized spacial score (nSPS) is 26.0. The number of carbonyl (C=O) groups is 3. The zero-order valence-electron chi connectivity index (χ0n) is 76.8. The minimum atomic E-state index is -4.20. The third-order valence-electron chi connectivity index (χ3n) is 27.9. The number of halogens is 4. The fourth-order valence-electron chi connectivity index (χ4n) is 18.7. The highest BCUT2D eigenvalue weighted by molar-refractivity contribution is 14.1. The summed E-state index contributed by atoms with van der Waals surface area (Å²) in [6.07, 6.45) is 9.67. The van der Waals surface area contributed by atoms with E-state index in [4.69, 9.17) is 38.5 Å². The van der Waals surface area contributed by atoms with Crippen LogP contribution < -0.4 is 52.1 Å². The maximum Gasteiger partial charge on any atom is 0.495 e. The van der Waals surface area contributed by atoms with E-state index in [2.05, 4.69) is 178 Å². The Balaban J connectivity index is 0.000000148. The molecule has 6 amide bonds. The van der Waals surface area contributed by atoms with E-state index in [1.165, 1.54) is 8.47 Å². The summed E-state index contributed by atoms with van der Waals surface area (Å²) in [5, 5.41) is 49.9. The molecule has 127 heavy (non-hydrogen) atoms. The number of likely N-dealkylation sites (tertiary alicyclic amines) is 3. The smallest absolute Gasteiger partial charge is 0.399 e. The Morgan fingerprint density at radius 2 is 0.764 bits per heavy atom. The molecule has 3 saturated carbocycles. The van der Waals surface area contributed by atoms with Crippen molar-refractivity contribution in [1.29, 1.82) is 0 Å². The van der Waals surface area contributed by atoms with Gasteiger partial charge in [-0.2, -0.15) is 13.2 Å². The van der Waals surface area contributed by atoms with E-state index < -0.39 is 42.9 Å². The monoisotopic (exact) mass is 1870 g/mol. The van der Waals surface area contributed by atoms with Crippen molar-refractivity contribution in [2.24, 2.45) is 17.8 Å². The standard InChI is InChI=1S/2C30H43N5O3.C20H28BF3N2O3.C16H24IN3O2/c2*1-4-22-9-12-35(20-22)29(37)31-24-6-5-21(2)26(19-24)23-17-27(33-30(3)10-7-25(36)8-11-30)32-28(18-23)34-13-15-38-16-14-34;1-13-6-7-15(10-16(13)21-28-18(2,3)19(4,5)29-21)25-17(27)26-9-8-14(12-26)11-20(22,23)24;1-16(4-2-13(21)3-5-16)19-14-10-12(17)11-15(18-14)20-6-8-22-9-7-20/h2*5-6,17-19,22,25,36H,4,7-16,20H2,1-3H3,(H,31,37)(H,32,33);6-7,10,14H,8-9,11-12H2,1-5H3,(H,25,27);10-11,13,21H,2-9H2,1H3,(H,18,19)/t2*22-,25?,30?;14-;/m110./s1. The highest BCUT2D eigenvalue weighted by Crippen LogP contribution is 2.42. The van der Waals surface area contributed by atoms with Gasteiger partial charge in [-0.3, -0.25) is 0 Å². The number of ether oxygens (including phenoxy) is 3. The quantitative estimate of drug-likeness (QED) is 0.0285. The van der Waals surface area contributed by atoms with Gasteiger partial charge in [0.1, 0.15) is 34.9 Å². The van der Waals surface area contributed by atoms with Gasteiger partial charge in [0.2, 0.25) is 0 Å². The van der Waals surface area contributed by atoms with Crippen LogP contribution in [0.25, 0.3) is 22.3 Å². The molecule has 10 aliphatic rings. The number of benzene rings is 3. The molecule has 3 atom stereocenters. The largest absolute Gasteiger partial charge is 0.495 e. The van der Waals surface area contributed by atoms with Crippen molar-refractivity contribution in [1.82, 2.24) is 29.7 Å². The van der Waals surface area contributed by atoms with Crippen molar-refractivity contribution in [3.8, 4) is 22.3 Å². The predicted molar refractivity (Wildman–Crippen MR) is 509 cm³/mol. The number of alkyl halides is 3. The Bertz CT molecular complexity index is 4490. The van der Waals surface area contributed by atoms with Gasteiger partial charge in [-0.15, -0.1) is 0 Å². The Labute approximate surface area is 763 Å². The molecule has 3 aliphatic carbocycles. The molecule has 10 fully saturated rings. The first-order valence-electron chi connectivity index (χ1n) is 46.5. The lowest BCUT2D eigenvalue weighted by molar-refractivity contribution is -0.143. The average Bonchev–Trinajstić information content (AvgIpc) is 1.64. The molecule has 16 rings (SSSR count). The number of urea groups is 3. The van der Waals surface area contributed by atoms with E-state index in [0.717, 1.165) is 272 Å². The van der Waals surface area contributed by atoms with E-state index >= 15 is 0 Å². The van der Waals surface area contributed by atoms with Crippen LogP contribution in [0, 0.1) is 42.1 Å². The maximum absolute atomic E-state index is 13.0. The summed E-state index contributed by atoms with van der Waals surface area (Å²) in [5.41, 5.74) is 9.42. The summed E-state index contributed by atoms with van der Waals surface area (Å²) in [7, 11) is -0.556. The number of rotatable bonds is 18. The Morgan fingerprint density at radius 1 is 0.441 bits per heavy atom. The van der Waals surface area contributed by atoms with Crippen molar-refractivity contribution in [3.05, 3.63) is 111 Å². The molecule has 26 nitrogen and oxygen atoms in total. The molecule has 0 bridgehead atoms. The number of morpholine rings is 3. The van der Waals surface area contributed by atoms with Crippen molar-refractivity contribution in [2.45, 2.75) is 251 Å². The van der Waals surface area contributed by atoms with E-state index in [1.54, 1.807) is 12.1 Å². The number of aromatic nitrogens is 3. The summed E-state index contributed by atoms with van der Waals surface area (Å²) in [4.78, 5) is 65.5. The number of pyridine rings is 3. The molecule has 10 heterocycles. The van der Waals surface area contributed by atoms with Gasteiger partial charge in [-0.05, 0) is 318 Å². The van der Waals surface area contributed by atoms with Crippen molar-refractivity contribution in [3.63, 3.8) is 0 Å². The lowest BCUT2D eigenvalue weighted by Crippen LogP contribution is -2.41. The van der Waals surface area contributed by atoms with Crippen LogP contribution in [0.2, 0.25) is 0 Å². The molecule has 0 unspecified atom stereocenters. The predicted octanol–water partition coefficient (Wildman–Crippen LogP) is 17.3. The highest BCUT2D eigenvalue weighted by atomic mass is 127. The first kappa shape index (κ1) is 96.5. The zero-order valence-corrected chi connectivity index (χ0v) is 79.0. The minimum Gasteiger partial charge on any atom is -0.399 e. The van der Waals surface area contributed by atoms with Crippen molar-refractivity contribution >= 4 is 105 Å². The van der Waals surface area contributed by atoms with Gasteiger partial charge in [0, 0.05) is 122 Å². The summed E-state index contributed by atoms with van der Waals surface area (Å²) >= 11 is 2.35. The number of anilines is 9. The molecular formula is C96H138BF3IN15O11. The molecule has 3 aromatic heterocycles. The fourth-order valence-corrected chi connectivity index (χ4v) is 19.3. The molecule has 694 valence electrons. The van der Waals surface area contributed by atoms with Gasteiger partial charge in [0.05, 0.1) is 69.2 Å². The van der Waals surface area contributed by atoms with E-state index in [1.807, 2.05) is 62.6 Å². The van der Waals surface area contributed by atoms with Crippen molar-refractivity contribution in [2.75, 3.05) is 165 Å². The van der Waals surface area contributed by atoms with Crippen LogP contribution in [-0.2, 0) is 23.5 Å². The number of nitrogens with one attached hydrogen (secondary N) is 6. The molecule has 0 spiro atoms. The third kappa shape index (κ3) is 26.4. The molecule has 9 N–H and O–H groups in total. The van der Waals surface area contributed by atoms with Crippen LogP contribution in [0.15, 0.2) is 91.0 Å². The minimum absolute atomic E-state index is 0.0192. The number of nitrogens with zero attached hydrogens (tertiary/aromatic N) is 9. The van der Waals surface area contributed by atoms with E-state index in [-0.39, 0.29) is 53.5 Å². The summed E-state index contributed by atoms with van der Waals surface area (Å²) in [5.74, 6) is 6.19. The van der Waals surface area contributed by atoms with Gasteiger partial charge in [-0.25, -0.2) is 29.3 Å². The molecule has 3 aromatic carbocycles. The number of aliphatic hydroxyl groups is 3. The van der Waals surface area contributed by atoms with Crippen LogP contribution in [-0.4, -0.2) is 241 Å². The second kappa shape index (κ2) is 42.5. The highest BCUT2D eigenvalue weighted by Gasteiger charge is 2.52. The molecule has 31 heteroatoms. The molecule has 0 radical (unpaired) electrons. The van der Waals surface area contributed by atoms with Gasteiger partial charge < -0.3 is 100 Å². The molecular weight excluding hydrogens is 1730 g/mol. The van der Waals surface area contributed by atoms with Gasteiger partial charge >= 0.3 is 31.4 Å². The summed E-state index contributed by atoms with van der Waals surface area (Å²) < 4.78 is 67.7. The lowest BCUT2D eigenvalue weighted by atomic mass is 9.76. The topological polar surface area (TPSA) is 288 Å².